The number of carbonyl (C=O) groups excluding carboxylic acids is 1. The number of rotatable bonds is 4. The van der Waals surface area contributed by atoms with Gasteiger partial charge in [-0.2, -0.15) is 0 Å². The summed E-state index contributed by atoms with van der Waals surface area (Å²) in [7, 11) is 0. The zero-order valence-corrected chi connectivity index (χ0v) is 13.5. The Morgan fingerprint density at radius 3 is 3.05 bits per heavy atom. The van der Waals surface area contributed by atoms with Gasteiger partial charge in [0, 0.05) is 30.9 Å². The molecule has 2 atom stereocenters. The van der Waals surface area contributed by atoms with Crippen LogP contribution in [0.4, 0.5) is 0 Å². The van der Waals surface area contributed by atoms with Crippen LogP contribution in [-0.4, -0.2) is 41.7 Å². The van der Waals surface area contributed by atoms with Crippen LogP contribution in [0.25, 0.3) is 0 Å². The lowest BCUT2D eigenvalue weighted by molar-refractivity contribution is -0.128. The van der Waals surface area contributed by atoms with Crippen molar-refractivity contribution >= 4 is 17.7 Å². The van der Waals surface area contributed by atoms with E-state index < -0.39 is 0 Å². The molecule has 0 aromatic heterocycles. The largest absolute Gasteiger partial charge is 0.340 e. The Bertz CT molecular complexity index is 505. The number of nitrogens with zero attached hydrogens (tertiary/aromatic N) is 1. The van der Waals surface area contributed by atoms with Gasteiger partial charge in [0.15, 0.2) is 0 Å². The van der Waals surface area contributed by atoms with Gasteiger partial charge in [0.2, 0.25) is 5.91 Å². The predicted octanol–water partition coefficient (Wildman–Crippen LogP) is 2.58. The standard InChI is InChI=1S/C17H24N2OS/c1-13-3-2-4-14(9-13)11-21-12-17(20)19-8-7-15-5-6-16(10-19)18-15/h2-4,9,15-16,18H,5-8,10-12H2,1H3. The van der Waals surface area contributed by atoms with E-state index in [1.165, 1.54) is 24.0 Å². The first-order valence-corrected chi connectivity index (χ1v) is 9.03. The van der Waals surface area contributed by atoms with Crippen LogP contribution >= 0.6 is 11.8 Å². The van der Waals surface area contributed by atoms with Crippen LogP contribution in [0, 0.1) is 6.92 Å². The number of thioether (sulfide) groups is 1. The second kappa shape index (κ2) is 6.84. The molecule has 2 aliphatic rings. The molecule has 4 heteroatoms. The van der Waals surface area contributed by atoms with Gasteiger partial charge in [-0.3, -0.25) is 4.79 Å². The van der Waals surface area contributed by atoms with Crippen LogP contribution in [0.1, 0.15) is 30.4 Å². The van der Waals surface area contributed by atoms with Gasteiger partial charge in [-0.15, -0.1) is 11.8 Å². The maximum absolute atomic E-state index is 12.4. The van der Waals surface area contributed by atoms with Crippen molar-refractivity contribution in [1.29, 1.82) is 0 Å². The molecule has 2 aliphatic heterocycles. The molecule has 114 valence electrons. The first-order chi connectivity index (χ1) is 10.2. The van der Waals surface area contributed by atoms with Crippen LogP contribution in [0.5, 0.6) is 0 Å². The fourth-order valence-corrected chi connectivity index (χ4v) is 4.19. The van der Waals surface area contributed by atoms with E-state index in [4.69, 9.17) is 0 Å². The highest BCUT2D eigenvalue weighted by Gasteiger charge is 2.30. The Morgan fingerprint density at radius 1 is 1.33 bits per heavy atom. The van der Waals surface area contributed by atoms with E-state index in [1.54, 1.807) is 11.8 Å². The van der Waals surface area contributed by atoms with E-state index in [0.29, 0.717) is 23.7 Å². The summed E-state index contributed by atoms with van der Waals surface area (Å²) in [5.41, 5.74) is 2.60. The van der Waals surface area contributed by atoms with Gasteiger partial charge < -0.3 is 10.2 Å². The molecule has 0 radical (unpaired) electrons. The van der Waals surface area contributed by atoms with Crippen molar-refractivity contribution in [2.24, 2.45) is 0 Å². The monoisotopic (exact) mass is 304 g/mol. The third kappa shape index (κ3) is 4.01. The number of hydrogen-bond donors (Lipinski definition) is 1. The predicted molar refractivity (Wildman–Crippen MR) is 88.5 cm³/mol. The van der Waals surface area contributed by atoms with Crippen LogP contribution in [0.3, 0.4) is 0 Å². The van der Waals surface area contributed by atoms with Crippen LogP contribution in [-0.2, 0) is 10.5 Å². The fourth-order valence-electron chi connectivity index (χ4n) is 3.32. The maximum Gasteiger partial charge on any atom is 0.232 e. The third-order valence-electron chi connectivity index (χ3n) is 4.45. The molecule has 2 fully saturated rings. The molecule has 2 bridgehead atoms. The highest BCUT2D eigenvalue weighted by atomic mass is 32.2. The topological polar surface area (TPSA) is 32.3 Å². The minimum atomic E-state index is 0.307. The van der Waals surface area contributed by atoms with E-state index in [0.717, 1.165) is 25.3 Å². The minimum absolute atomic E-state index is 0.307. The molecule has 1 amide bonds. The van der Waals surface area contributed by atoms with Crippen LogP contribution < -0.4 is 5.32 Å². The summed E-state index contributed by atoms with van der Waals surface area (Å²) >= 11 is 1.73. The molecule has 1 aromatic carbocycles. The summed E-state index contributed by atoms with van der Waals surface area (Å²) in [6.07, 6.45) is 3.63. The average molecular weight is 304 g/mol. The van der Waals surface area contributed by atoms with Gasteiger partial charge in [-0.05, 0) is 31.7 Å². The number of hydrogen-bond acceptors (Lipinski definition) is 3. The lowest BCUT2D eigenvalue weighted by Gasteiger charge is -2.24. The molecule has 0 spiro atoms. The molecule has 1 N–H and O–H groups in total. The minimum Gasteiger partial charge on any atom is -0.340 e. The Kier molecular flexibility index (Phi) is 4.86. The zero-order chi connectivity index (χ0) is 14.7. The van der Waals surface area contributed by atoms with Crippen molar-refractivity contribution in [3.63, 3.8) is 0 Å². The quantitative estimate of drug-likeness (QED) is 0.928. The normalized spacial score (nSPS) is 24.9. The summed E-state index contributed by atoms with van der Waals surface area (Å²) < 4.78 is 0. The summed E-state index contributed by atoms with van der Waals surface area (Å²) in [5.74, 6) is 1.83. The number of nitrogens with one attached hydrogen (secondary N) is 1. The number of amides is 1. The highest BCUT2D eigenvalue weighted by molar-refractivity contribution is 7.99. The lowest BCUT2D eigenvalue weighted by atomic mass is 10.1. The van der Waals surface area contributed by atoms with Crippen molar-refractivity contribution in [2.45, 2.75) is 44.0 Å². The van der Waals surface area contributed by atoms with Crippen molar-refractivity contribution < 1.29 is 4.79 Å². The zero-order valence-electron chi connectivity index (χ0n) is 12.7. The van der Waals surface area contributed by atoms with Gasteiger partial charge >= 0.3 is 0 Å². The second-order valence-electron chi connectivity index (χ2n) is 6.25. The first kappa shape index (κ1) is 14.9. The number of aryl methyl sites for hydroxylation is 1. The molecule has 2 saturated heterocycles. The molecular weight excluding hydrogens is 280 g/mol. The molecular formula is C17H24N2OS. The maximum atomic E-state index is 12.4. The molecule has 2 heterocycles. The third-order valence-corrected chi connectivity index (χ3v) is 5.44. The van der Waals surface area contributed by atoms with Crippen molar-refractivity contribution in [1.82, 2.24) is 10.2 Å². The average Bonchev–Trinajstić information content (AvgIpc) is 2.78. The summed E-state index contributed by atoms with van der Waals surface area (Å²) in [4.78, 5) is 14.4. The van der Waals surface area contributed by atoms with Crippen molar-refractivity contribution in [2.75, 3.05) is 18.8 Å². The molecule has 0 aliphatic carbocycles. The molecule has 0 saturated carbocycles. The van der Waals surface area contributed by atoms with Crippen LogP contribution in [0.2, 0.25) is 0 Å². The van der Waals surface area contributed by atoms with Gasteiger partial charge in [0.1, 0.15) is 0 Å². The Labute approximate surface area is 131 Å². The van der Waals surface area contributed by atoms with E-state index in [9.17, 15) is 4.79 Å². The Hall–Kier alpha value is -1.00. The Balaban J connectivity index is 1.45. The molecule has 3 rings (SSSR count). The van der Waals surface area contributed by atoms with Gasteiger partial charge in [-0.25, -0.2) is 0 Å². The summed E-state index contributed by atoms with van der Waals surface area (Å²) in [5, 5.41) is 3.63. The van der Waals surface area contributed by atoms with E-state index >= 15 is 0 Å². The first-order valence-electron chi connectivity index (χ1n) is 7.88. The highest BCUT2D eigenvalue weighted by Crippen LogP contribution is 2.21. The van der Waals surface area contributed by atoms with E-state index in [2.05, 4.69) is 41.4 Å². The number of carbonyl (C=O) groups is 1. The molecule has 2 unspecified atom stereocenters. The SMILES string of the molecule is Cc1cccc(CSCC(=O)N2CCC3CCC(C2)N3)c1. The van der Waals surface area contributed by atoms with Gasteiger partial charge in [0.25, 0.3) is 0 Å². The lowest BCUT2D eigenvalue weighted by Crippen LogP contribution is -2.39. The molecule has 1 aromatic rings. The summed E-state index contributed by atoms with van der Waals surface area (Å²) in [6.45, 7) is 3.94. The molecule has 3 nitrogen and oxygen atoms in total. The van der Waals surface area contributed by atoms with E-state index in [1.807, 2.05) is 0 Å². The Morgan fingerprint density at radius 2 is 2.19 bits per heavy atom. The number of benzene rings is 1. The van der Waals surface area contributed by atoms with Crippen molar-refractivity contribution in [3.05, 3.63) is 35.4 Å². The summed E-state index contributed by atoms with van der Waals surface area (Å²) in [6, 6.07) is 9.71. The fraction of sp³-hybridized carbons (Fsp3) is 0.588. The van der Waals surface area contributed by atoms with Crippen LogP contribution in [0.15, 0.2) is 24.3 Å². The number of likely N-dealkylation sites (tertiary alicyclic amines) is 1. The number of fused-ring (bicyclic) bond motifs is 2. The van der Waals surface area contributed by atoms with E-state index in [-0.39, 0.29) is 0 Å². The van der Waals surface area contributed by atoms with Crippen molar-refractivity contribution in [3.8, 4) is 0 Å². The van der Waals surface area contributed by atoms with Gasteiger partial charge in [0.05, 0.1) is 5.75 Å². The molecule has 21 heavy (non-hydrogen) atoms. The second-order valence-corrected chi connectivity index (χ2v) is 7.23. The van der Waals surface area contributed by atoms with Gasteiger partial charge in [-0.1, -0.05) is 29.8 Å². The smallest absolute Gasteiger partial charge is 0.232 e.